The Labute approximate surface area is 140 Å². The van der Waals surface area contributed by atoms with Crippen molar-refractivity contribution < 1.29 is 28.0 Å². The lowest BCUT2D eigenvalue weighted by atomic mass is 10.1. The van der Waals surface area contributed by atoms with Gasteiger partial charge in [0, 0.05) is 6.42 Å². The summed E-state index contributed by atoms with van der Waals surface area (Å²) in [4.78, 5) is 41.3. The molecule has 7 heteroatoms. The van der Waals surface area contributed by atoms with Gasteiger partial charge in [0.25, 0.3) is 17.7 Å². The first-order valence-corrected chi connectivity index (χ1v) is 7.56. The second-order valence-corrected chi connectivity index (χ2v) is 5.97. The van der Waals surface area contributed by atoms with E-state index in [9.17, 15) is 23.2 Å². The smallest absolute Gasteiger partial charge is 0.324 e. The number of rotatable bonds is 3. The molecule has 1 fully saturated rings. The summed E-state index contributed by atoms with van der Waals surface area (Å²) in [6, 6.07) is 11.6. The maximum Gasteiger partial charge on any atom is 0.363 e. The van der Waals surface area contributed by atoms with Gasteiger partial charge in [0.05, 0.1) is 22.6 Å². The van der Waals surface area contributed by atoms with Gasteiger partial charge in [-0.05, 0) is 29.8 Å². The minimum absolute atomic E-state index is 0.0595. The third-order valence-electron chi connectivity index (χ3n) is 4.31. The molecule has 0 N–H and O–H groups in total. The molecule has 2 aliphatic rings. The van der Waals surface area contributed by atoms with Crippen molar-refractivity contribution in [1.29, 1.82) is 0 Å². The van der Waals surface area contributed by atoms with E-state index in [-0.39, 0.29) is 23.1 Å². The van der Waals surface area contributed by atoms with Crippen LogP contribution in [0.3, 0.4) is 0 Å². The van der Waals surface area contributed by atoms with Crippen LogP contribution in [-0.2, 0) is 4.84 Å². The molecule has 1 aliphatic heterocycles. The van der Waals surface area contributed by atoms with Crippen molar-refractivity contribution in [2.45, 2.75) is 18.3 Å². The summed E-state index contributed by atoms with van der Waals surface area (Å²) in [5.74, 6) is -5.87. The number of carbonyl (C=O) groups is 3. The Morgan fingerprint density at radius 3 is 2.00 bits per heavy atom. The van der Waals surface area contributed by atoms with Crippen molar-refractivity contribution in [3.8, 4) is 0 Å². The zero-order valence-electron chi connectivity index (χ0n) is 12.7. The Bertz CT molecular complexity index is 873. The second kappa shape index (κ2) is 5.20. The third kappa shape index (κ3) is 2.48. The average molecular weight is 343 g/mol. The summed E-state index contributed by atoms with van der Waals surface area (Å²) in [6.45, 7) is 0. The van der Waals surface area contributed by atoms with E-state index in [1.165, 1.54) is 36.4 Å². The Morgan fingerprint density at radius 2 is 1.52 bits per heavy atom. The molecule has 1 saturated carbocycles. The fraction of sp³-hybridized carbons (Fsp3) is 0.167. The predicted octanol–water partition coefficient (Wildman–Crippen LogP) is 3.18. The average Bonchev–Trinajstić information content (AvgIpc) is 3.19. The molecule has 0 bridgehead atoms. The van der Waals surface area contributed by atoms with Gasteiger partial charge in [-0.15, -0.1) is 0 Å². The number of carbonyl (C=O) groups excluding carboxylic acids is 3. The molecule has 1 aliphatic carbocycles. The van der Waals surface area contributed by atoms with Crippen LogP contribution in [0.5, 0.6) is 0 Å². The summed E-state index contributed by atoms with van der Waals surface area (Å²) < 4.78 is 26.1. The molecule has 1 unspecified atom stereocenters. The van der Waals surface area contributed by atoms with Gasteiger partial charge in [0.15, 0.2) is 0 Å². The van der Waals surface area contributed by atoms with Gasteiger partial charge in [-0.1, -0.05) is 29.3 Å². The minimum atomic E-state index is -2.69. The van der Waals surface area contributed by atoms with Gasteiger partial charge in [-0.25, -0.2) is 13.6 Å². The van der Waals surface area contributed by atoms with Crippen molar-refractivity contribution in [2.24, 2.45) is 0 Å². The number of alkyl halides is 2. The highest BCUT2D eigenvalue weighted by Gasteiger charge is 2.57. The molecule has 126 valence electrons. The molecule has 0 radical (unpaired) electrons. The molecular formula is C18H11F2NO4. The van der Waals surface area contributed by atoms with Gasteiger partial charge in [0.2, 0.25) is 0 Å². The molecule has 2 aromatic rings. The summed E-state index contributed by atoms with van der Waals surface area (Å²) in [6.07, 6.45) is -0.203. The van der Waals surface area contributed by atoms with Gasteiger partial charge in [-0.2, -0.15) is 0 Å². The van der Waals surface area contributed by atoms with Crippen LogP contribution < -0.4 is 0 Å². The molecule has 1 atom stereocenters. The second-order valence-electron chi connectivity index (χ2n) is 5.97. The summed E-state index contributed by atoms with van der Waals surface area (Å²) >= 11 is 0. The van der Waals surface area contributed by atoms with Crippen LogP contribution in [0.15, 0.2) is 48.5 Å². The zero-order valence-corrected chi connectivity index (χ0v) is 12.7. The molecule has 2 amide bonds. The number of amides is 2. The van der Waals surface area contributed by atoms with E-state index in [1.54, 1.807) is 12.1 Å². The molecule has 0 aromatic heterocycles. The molecule has 1 heterocycles. The number of fused-ring (bicyclic) bond motifs is 1. The number of nitrogens with zero attached hydrogens (tertiary/aromatic N) is 1. The minimum Gasteiger partial charge on any atom is -0.324 e. The van der Waals surface area contributed by atoms with E-state index in [0.29, 0.717) is 10.6 Å². The first kappa shape index (κ1) is 15.4. The predicted molar refractivity (Wildman–Crippen MR) is 81.1 cm³/mol. The third-order valence-corrected chi connectivity index (χ3v) is 4.31. The maximum absolute atomic E-state index is 13.1. The normalized spacial score (nSPS) is 20.4. The van der Waals surface area contributed by atoms with E-state index < -0.39 is 29.6 Å². The highest BCUT2D eigenvalue weighted by atomic mass is 19.3. The Hall–Kier alpha value is -3.09. The van der Waals surface area contributed by atoms with E-state index in [4.69, 9.17) is 4.84 Å². The van der Waals surface area contributed by atoms with Crippen LogP contribution in [0.4, 0.5) is 8.78 Å². The largest absolute Gasteiger partial charge is 0.363 e. The molecule has 5 nitrogen and oxygen atoms in total. The molecule has 0 spiro atoms. The molecule has 2 aromatic carbocycles. The Balaban J connectivity index is 1.50. The fourth-order valence-corrected chi connectivity index (χ4v) is 2.81. The van der Waals surface area contributed by atoms with Crippen LogP contribution >= 0.6 is 0 Å². The quantitative estimate of drug-likeness (QED) is 0.803. The van der Waals surface area contributed by atoms with Crippen LogP contribution in [0.1, 0.15) is 49.0 Å². The van der Waals surface area contributed by atoms with Crippen molar-refractivity contribution in [3.63, 3.8) is 0 Å². The SMILES string of the molecule is O=C(ON1C(=O)c2ccccc2C1=O)c1ccc(C2CC2(F)F)cc1. The van der Waals surface area contributed by atoms with Gasteiger partial charge in [-0.3, -0.25) is 9.59 Å². The maximum atomic E-state index is 13.1. The van der Waals surface area contributed by atoms with Gasteiger partial charge in [0.1, 0.15) is 0 Å². The van der Waals surface area contributed by atoms with Crippen LogP contribution in [0.25, 0.3) is 0 Å². The van der Waals surface area contributed by atoms with Crippen molar-refractivity contribution in [2.75, 3.05) is 0 Å². The summed E-state index contributed by atoms with van der Waals surface area (Å²) in [5, 5.41) is 0.413. The van der Waals surface area contributed by atoms with Gasteiger partial charge < -0.3 is 4.84 Å². The van der Waals surface area contributed by atoms with Crippen LogP contribution in [0.2, 0.25) is 0 Å². The first-order chi connectivity index (χ1) is 11.9. The Kier molecular flexibility index (Phi) is 3.21. The lowest BCUT2D eigenvalue weighted by Crippen LogP contribution is -2.32. The fourth-order valence-electron chi connectivity index (χ4n) is 2.81. The Morgan fingerprint density at radius 1 is 1.00 bits per heavy atom. The number of hydroxylamine groups is 2. The number of imide groups is 1. The zero-order chi connectivity index (χ0) is 17.8. The highest BCUT2D eigenvalue weighted by molar-refractivity contribution is 6.21. The van der Waals surface area contributed by atoms with E-state index >= 15 is 0 Å². The van der Waals surface area contributed by atoms with Gasteiger partial charge >= 0.3 is 5.97 Å². The van der Waals surface area contributed by atoms with E-state index in [0.717, 1.165) is 0 Å². The van der Waals surface area contributed by atoms with Crippen molar-refractivity contribution in [3.05, 3.63) is 70.8 Å². The van der Waals surface area contributed by atoms with E-state index in [2.05, 4.69) is 0 Å². The lowest BCUT2D eigenvalue weighted by Gasteiger charge is -2.12. The topological polar surface area (TPSA) is 63.7 Å². The molecule has 25 heavy (non-hydrogen) atoms. The lowest BCUT2D eigenvalue weighted by molar-refractivity contribution is -0.0584. The first-order valence-electron chi connectivity index (χ1n) is 7.56. The highest BCUT2D eigenvalue weighted by Crippen LogP contribution is 2.55. The number of hydrogen-bond donors (Lipinski definition) is 0. The number of hydrogen-bond acceptors (Lipinski definition) is 4. The number of benzene rings is 2. The van der Waals surface area contributed by atoms with Crippen LogP contribution in [0, 0.1) is 0 Å². The molecule has 4 rings (SSSR count). The molecular weight excluding hydrogens is 332 g/mol. The summed E-state index contributed by atoms with van der Waals surface area (Å²) in [7, 11) is 0. The van der Waals surface area contributed by atoms with E-state index in [1.807, 2.05) is 0 Å². The van der Waals surface area contributed by atoms with Crippen molar-refractivity contribution in [1.82, 2.24) is 5.06 Å². The van der Waals surface area contributed by atoms with Crippen molar-refractivity contribution >= 4 is 17.8 Å². The number of halogens is 2. The summed E-state index contributed by atoms with van der Waals surface area (Å²) in [5.41, 5.74) is 0.810. The molecule has 0 saturated heterocycles. The monoisotopic (exact) mass is 343 g/mol. The standard InChI is InChI=1S/C18H11F2NO4/c19-18(20)9-14(18)10-5-7-11(8-6-10)17(24)25-21-15(22)12-3-1-2-4-13(12)16(21)23/h1-8,14H,9H2. The van der Waals surface area contributed by atoms with Crippen LogP contribution in [-0.4, -0.2) is 28.8 Å².